The predicted octanol–water partition coefficient (Wildman–Crippen LogP) is 3.12. The molecule has 1 unspecified atom stereocenters. The normalized spacial score (nSPS) is 12.2. The van der Waals surface area contributed by atoms with Crippen molar-refractivity contribution in [2.24, 2.45) is 0 Å². The minimum absolute atomic E-state index is 0.528. The molecular weight excluding hydrogens is 252 g/mol. The van der Waals surface area contributed by atoms with Gasteiger partial charge in [0.2, 0.25) is 0 Å². The molecular formula is C17H20O3. The molecule has 106 valence electrons. The lowest BCUT2D eigenvalue weighted by Gasteiger charge is -2.14. The van der Waals surface area contributed by atoms with Gasteiger partial charge in [-0.2, -0.15) is 0 Å². The molecule has 0 aromatic heterocycles. The summed E-state index contributed by atoms with van der Waals surface area (Å²) < 4.78 is 10.4. The van der Waals surface area contributed by atoms with Crippen molar-refractivity contribution in [2.45, 2.75) is 19.1 Å². The number of aliphatic hydroxyl groups is 1. The van der Waals surface area contributed by atoms with Gasteiger partial charge in [-0.15, -0.1) is 0 Å². The van der Waals surface area contributed by atoms with Crippen LogP contribution < -0.4 is 4.74 Å². The Kier molecular flexibility index (Phi) is 5.16. The summed E-state index contributed by atoms with van der Waals surface area (Å²) in [7, 11) is 3.31. The van der Waals surface area contributed by atoms with E-state index >= 15 is 0 Å². The maximum absolute atomic E-state index is 10.4. The summed E-state index contributed by atoms with van der Waals surface area (Å²) in [5.41, 5.74) is 2.95. The number of aliphatic hydroxyl groups excluding tert-OH is 1. The molecule has 0 aliphatic carbocycles. The fraction of sp³-hybridized carbons (Fsp3) is 0.294. The van der Waals surface area contributed by atoms with Crippen molar-refractivity contribution in [3.05, 3.63) is 65.2 Å². The van der Waals surface area contributed by atoms with Gasteiger partial charge in [0.05, 0.1) is 19.8 Å². The fourth-order valence-corrected chi connectivity index (χ4v) is 2.25. The van der Waals surface area contributed by atoms with Crippen molar-refractivity contribution in [1.82, 2.24) is 0 Å². The van der Waals surface area contributed by atoms with Gasteiger partial charge in [-0.25, -0.2) is 0 Å². The van der Waals surface area contributed by atoms with E-state index in [-0.39, 0.29) is 0 Å². The van der Waals surface area contributed by atoms with Gasteiger partial charge < -0.3 is 14.6 Å². The summed E-state index contributed by atoms with van der Waals surface area (Å²) in [6.07, 6.45) is -0.0245. The van der Waals surface area contributed by atoms with Gasteiger partial charge >= 0.3 is 0 Å². The zero-order valence-corrected chi connectivity index (χ0v) is 11.9. The minimum Gasteiger partial charge on any atom is -0.496 e. The fourth-order valence-electron chi connectivity index (χ4n) is 2.25. The number of hydrogen-bond acceptors (Lipinski definition) is 3. The molecule has 1 N–H and O–H groups in total. The van der Waals surface area contributed by atoms with Crippen LogP contribution in [0.25, 0.3) is 0 Å². The predicted molar refractivity (Wildman–Crippen MR) is 78.8 cm³/mol. The first-order valence-corrected chi connectivity index (χ1v) is 6.62. The van der Waals surface area contributed by atoms with Gasteiger partial charge in [0.15, 0.2) is 0 Å². The average molecular weight is 272 g/mol. The highest BCUT2D eigenvalue weighted by Gasteiger charge is 2.12. The molecule has 0 amide bonds. The van der Waals surface area contributed by atoms with Crippen molar-refractivity contribution < 1.29 is 14.6 Å². The monoisotopic (exact) mass is 272 g/mol. The number of methoxy groups -OCH3 is 2. The van der Waals surface area contributed by atoms with E-state index in [1.807, 2.05) is 48.5 Å². The molecule has 1 atom stereocenters. The zero-order valence-electron chi connectivity index (χ0n) is 11.9. The molecule has 0 radical (unpaired) electrons. The highest BCUT2D eigenvalue weighted by molar-refractivity contribution is 5.35. The molecule has 0 saturated heterocycles. The minimum atomic E-state index is -0.553. The summed E-state index contributed by atoms with van der Waals surface area (Å²) in [5, 5.41) is 10.4. The summed E-state index contributed by atoms with van der Waals surface area (Å²) in [6, 6.07) is 15.6. The Morgan fingerprint density at radius 2 is 1.85 bits per heavy atom. The molecule has 20 heavy (non-hydrogen) atoms. The van der Waals surface area contributed by atoms with Crippen LogP contribution in [0.5, 0.6) is 5.75 Å². The van der Waals surface area contributed by atoms with E-state index in [0.717, 1.165) is 22.4 Å². The van der Waals surface area contributed by atoms with Crippen molar-refractivity contribution in [3.8, 4) is 5.75 Å². The first-order chi connectivity index (χ1) is 9.74. The quantitative estimate of drug-likeness (QED) is 0.878. The van der Waals surface area contributed by atoms with Gasteiger partial charge in [-0.05, 0) is 22.8 Å². The van der Waals surface area contributed by atoms with Crippen LogP contribution in [0.2, 0.25) is 0 Å². The maximum Gasteiger partial charge on any atom is 0.122 e. The molecule has 0 heterocycles. The Balaban J connectivity index is 2.15. The van der Waals surface area contributed by atoms with Crippen LogP contribution >= 0.6 is 0 Å². The van der Waals surface area contributed by atoms with E-state index in [1.54, 1.807) is 14.2 Å². The molecule has 3 heteroatoms. The van der Waals surface area contributed by atoms with E-state index in [4.69, 9.17) is 9.47 Å². The molecule has 3 nitrogen and oxygen atoms in total. The molecule has 2 rings (SSSR count). The van der Waals surface area contributed by atoms with Crippen LogP contribution in [0, 0.1) is 0 Å². The van der Waals surface area contributed by atoms with Gasteiger partial charge in [0.1, 0.15) is 5.75 Å². The Bertz CT molecular complexity index is 551. The van der Waals surface area contributed by atoms with E-state index in [9.17, 15) is 5.11 Å². The maximum atomic E-state index is 10.4. The number of para-hydroxylation sites is 1. The third kappa shape index (κ3) is 3.59. The van der Waals surface area contributed by atoms with Gasteiger partial charge in [0.25, 0.3) is 0 Å². The lowest BCUT2D eigenvalue weighted by Crippen LogP contribution is -2.04. The Labute approximate surface area is 119 Å². The number of benzene rings is 2. The second-order valence-electron chi connectivity index (χ2n) is 4.71. The molecule has 0 aliphatic rings. The summed E-state index contributed by atoms with van der Waals surface area (Å²) >= 11 is 0. The molecule has 2 aromatic carbocycles. The Morgan fingerprint density at radius 3 is 2.60 bits per heavy atom. The Hall–Kier alpha value is -1.84. The van der Waals surface area contributed by atoms with Gasteiger partial charge in [-0.3, -0.25) is 0 Å². The van der Waals surface area contributed by atoms with Crippen LogP contribution in [0.1, 0.15) is 22.8 Å². The molecule has 0 spiro atoms. The largest absolute Gasteiger partial charge is 0.496 e. The van der Waals surface area contributed by atoms with Crippen LogP contribution in [0.4, 0.5) is 0 Å². The van der Waals surface area contributed by atoms with E-state index in [2.05, 4.69) is 0 Å². The molecule has 0 fully saturated rings. The van der Waals surface area contributed by atoms with Gasteiger partial charge in [-0.1, -0.05) is 42.5 Å². The third-order valence-electron chi connectivity index (χ3n) is 3.25. The van der Waals surface area contributed by atoms with Crippen LogP contribution in [0.3, 0.4) is 0 Å². The molecule has 0 aliphatic heterocycles. The van der Waals surface area contributed by atoms with E-state index in [1.165, 1.54) is 0 Å². The van der Waals surface area contributed by atoms with Crippen molar-refractivity contribution >= 4 is 0 Å². The smallest absolute Gasteiger partial charge is 0.122 e. The molecule has 0 saturated carbocycles. The standard InChI is InChI=1S/C17H20O3/c1-19-12-13-6-5-8-14(10-13)16(18)11-15-7-3-4-9-17(15)20-2/h3-10,16,18H,11-12H2,1-2H3. The zero-order chi connectivity index (χ0) is 14.4. The highest BCUT2D eigenvalue weighted by Crippen LogP contribution is 2.25. The Morgan fingerprint density at radius 1 is 1.05 bits per heavy atom. The van der Waals surface area contributed by atoms with E-state index < -0.39 is 6.10 Å². The lowest BCUT2D eigenvalue weighted by atomic mass is 9.99. The number of hydrogen-bond donors (Lipinski definition) is 1. The van der Waals surface area contributed by atoms with Crippen molar-refractivity contribution in [2.75, 3.05) is 14.2 Å². The second kappa shape index (κ2) is 7.08. The third-order valence-corrected chi connectivity index (χ3v) is 3.25. The summed E-state index contributed by atoms with van der Waals surface area (Å²) in [6.45, 7) is 0.551. The number of rotatable bonds is 6. The highest BCUT2D eigenvalue weighted by atomic mass is 16.5. The second-order valence-corrected chi connectivity index (χ2v) is 4.71. The van der Waals surface area contributed by atoms with Crippen LogP contribution in [-0.2, 0) is 17.8 Å². The average Bonchev–Trinajstić information content (AvgIpc) is 2.48. The van der Waals surface area contributed by atoms with E-state index in [0.29, 0.717) is 13.0 Å². The lowest BCUT2D eigenvalue weighted by molar-refractivity contribution is 0.174. The molecule has 2 aromatic rings. The first kappa shape index (κ1) is 14.6. The summed E-state index contributed by atoms with van der Waals surface area (Å²) in [5.74, 6) is 0.805. The first-order valence-electron chi connectivity index (χ1n) is 6.62. The van der Waals surface area contributed by atoms with Crippen molar-refractivity contribution in [3.63, 3.8) is 0 Å². The SMILES string of the molecule is COCc1cccc(C(O)Cc2ccccc2OC)c1. The topological polar surface area (TPSA) is 38.7 Å². The van der Waals surface area contributed by atoms with Gasteiger partial charge in [0, 0.05) is 13.5 Å². The van der Waals surface area contributed by atoms with Crippen LogP contribution in [0.15, 0.2) is 48.5 Å². The molecule has 0 bridgehead atoms. The van der Waals surface area contributed by atoms with Crippen molar-refractivity contribution in [1.29, 1.82) is 0 Å². The number of ether oxygens (including phenoxy) is 2. The van der Waals surface area contributed by atoms with Crippen LogP contribution in [-0.4, -0.2) is 19.3 Å². The summed E-state index contributed by atoms with van der Waals surface area (Å²) in [4.78, 5) is 0.